The van der Waals surface area contributed by atoms with E-state index in [0.717, 1.165) is 11.1 Å². The van der Waals surface area contributed by atoms with Crippen LogP contribution < -0.4 is 26.0 Å². The van der Waals surface area contributed by atoms with E-state index < -0.39 is 66.2 Å². The first-order valence-corrected chi connectivity index (χ1v) is 18.7. The molecule has 0 aliphatic carbocycles. The minimum Gasteiger partial charge on any atom is -0.484 e. The molecular weight excluding hydrogens is 736 g/mol. The van der Waals surface area contributed by atoms with Crippen LogP contribution >= 0.6 is 11.3 Å². The van der Waals surface area contributed by atoms with Gasteiger partial charge in [-0.25, -0.2) is 9.18 Å². The van der Waals surface area contributed by atoms with Crippen molar-refractivity contribution in [3.05, 3.63) is 155 Å². The Morgan fingerprint density at radius 1 is 0.732 bits per heavy atom. The van der Waals surface area contributed by atoms with E-state index in [1.807, 2.05) is 54.6 Å². The topological polar surface area (TPSA) is 163 Å². The molecular formula is C43H39FN4O7S. The van der Waals surface area contributed by atoms with E-state index in [0.29, 0.717) is 21.8 Å². The Morgan fingerprint density at radius 2 is 1.38 bits per heavy atom. The van der Waals surface area contributed by atoms with Crippen molar-refractivity contribution in [2.45, 2.75) is 43.4 Å². The minimum atomic E-state index is -1.46. The fourth-order valence-electron chi connectivity index (χ4n) is 6.23. The van der Waals surface area contributed by atoms with Crippen molar-refractivity contribution in [2.24, 2.45) is 0 Å². The van der Waals surface area contributed by atoms with E-state index in [2.05, 4.69) is 27.8 Å². The zero-order valence-corrected chi connectivity index (χ0v) is 30.9. The summed E-state index contributed by atoms with van der Waals surface area (Å²) in [6.07, 6.45) is -0.517. The van der Waals surface area contributed by atoms with E-state index in [1.54, 1.807) is 47.8 Å². The third kappa shape index (κ3) is 10.1. The molecule has 0 unspecified atom stereocenters. The number of aliphatic carboxylic acids is 1. The van der Waals surface area contributed by atoms with Crippen LogP contribution in [0.15, 0.2) is 127 Å². The lowest BCUT2D eigenvalue weighted by atomic mass is 9.98. The number of thiophene rings is 1. The summed E-state index contributed by atoms with van der Waals surface area (Å²) >= 11 is 1.31. The Kier molecular flexibility index (Phi) is 12.7. The first kappa shape index (κ1) is 39.1. The predicted octanol–water partition coefficient (Wildman–Crippen LogP) is 4.71. The summed E-state index contributed by atoms with van der Waals surface area (Å²) in [5.74, 6) is -4.75. The summed E-state index contributed by atoms with van der Waals surface area (Å²) < 4.78 is 20.6. The van der Waals surface area contributed by atoms with Gasteiger partial charge >= 0.3 is 5.97 Å². The molecule has 2 aliphatic heterocycles. The van der Waals surface area contributed by atoms with Gasteiger partial charge in [0.1, 0.15) is 35.7 Å². The van der Waals surface area contributed by atoms with Crippen molar-refractivity contribution in [2.75, 3.05) is 6.61 Å². The van der Waals surface area contributed by atoms with Gasteiger partial charge < -0.3 is 31.1 Å². The maximum Gasteiger partial charge on any atom is 0.326 e. The van der Waals surface area contributed by atoms with Gasteiger partial charge in [0.25, 0.3) is 5.91 Å². The lowest BCUT2D eigenvalue weighted by Gasteiger charge is -2.27. The van der Waals surface area contributed by atoms with Gasteiger partial charge in [0, 0.05) is 24.1 Å². The third-order valence-corrected chi connectivity index (χ3v) is 10.2. The smallest absolute Gasteiger partial charge is 0.326 e. The fraction of sp³-hybridized carbons (Fsp3) is 0.186. The van der Waals surface area contributed by atoms with Gasteiger partial charge in [-0.2, -0.15) is 0 Å². The van der Waals surface area contributed by atoms with E-state index in [-0.39, 0.29) is 30.4 Å². The molecule has 0 spiro atoms. The van der Waals surface area contributed by atoms with Crippen LogP contribution in [0.2, 0.25) is 0 Å². The monoisotopic (exact) mass is 774 g/mol. The Hall–Kier alpha value is -6.60. The number of hydrogen-bond acceptors (Lipinski definition) is 7. The molecule has 3 heterocycles. The number of hydrogen-bond donors (Lipinski definition) is 5. The second-order valence-electron chi connectivity index (χ2n) is 13.2. The molecule has 286 valence electrons. The zero-order chi connectivity index (χ0) is 39.6. The van der Waals surface area contributed by atoms with E-state index >= 15 is 0 Å². The number of amides is 4. The van der Waals surface area contributed by atoms with Crippen LogP contribution in [0.5, 0.6) is 5.75 Å². The van der Waals surface area contributed by atoms with Gasteiger partial charge in [0.05, 0.1) is 0 Å². The number of nitrogens with one attached hydrogen (secondary N) is 4. The van der Waals surface area contributed by atoms with Crippen molar-refractivity contribution in [3.8, 4) is 16.9 Å². The molecule has 4 amide bonds. The number of rotatable bonds is 8. The highest BCUT2D eigenvalue weighted by molar-refractivity contribution is 7.11. The van der Waals surface area contributed by atoms with E-state index in [4.69, 9.17) is 4.74 Å². The van der Waals surface area contributed by atoms with Gasteiger partial charge in [-0.1, -0.05) is 97.6 Å². The van der Waals surface area contributed by atoms with Crippen LogP contribution in [-0.4, -0.2) is 65.5 Å². The number of halogens is 1. The Balaban J connectivity index is 1.37. The van der Waals surface area contributed by atoms with Crippen LogP contribution in [0.3, 0.4) is 0 Å². The molecule has 4 aromatic carbocycles. The van der Waals surface area contributed by atoms with Gasteiger partial charge in [-0.05, 0) is 63.0 Å². The van der Waals surface area contributed by atoms with Gasteiger partial charge in [0.15, 0.2) is 6.61 Å². The summed E-state index contributed by atoms with van der Waals surface area (Å²) in [6.45, 7) is 3.63. The standard InChI is InChI=1S/C43H39FN4O7S/c1-26(37-12-7-21-56-37)39-42(52)46-34(22-27-13-17-30(18-14-27)29-8-3-2-4-9-29)40(50)45-35(24-31-10-5-6-11-33(31)44)41(51)47-36(43(53)54)23-28-15-19-32(20-16-28)55-25-38(49)48-39/h2-21,34-36,39H,1,22-25H2,(H,45,50)(H,46,52)(H,47,51)(H,48,49)(H,53,54)/t34-,35+,36+,39+/m1/s1. The van der Waals surface area contributed by atoms with Crippen LogP contribution in [0, 0.1) is 5.82 Å². The molecule has 13 heteroatoms. The first-order chi connectivity index (χ1) is 27.0. The summed E-state index contributed by atoms with van der Waals surface area (Å²) in [7, 11) is 0. The normalized spacial score (nSPS) is 19.5. The number of ether oxygens (including phenoxy) is 1. The number of carboxylic acids is 1. The number of carboxylic acid groups (broad SMARTS) is 1. The zero-order valence-electron chi connectivity index (χ0n) is 30.1. The lowest BCUT2D eigenvalue weighted by molar-refractivity contribution is -0.142. The molecule has 5 aromatic rings. The molecule has 11 nitrogen and oxygen atoms in total. The fourth-order valence-corrected chi connectivity index (χ4v) is 6.96. The van der Waals surface area contributed by atoms with Crippen LogP contribution in [-0.2, 0) is 43.2 Å². The molecule has 2 aliphatic rings. The molecule has 0 fully saturated rings. The molecule has 0 saturated heterocycles. The number of fused-ring (bicyclic) bond motifs is 16. The number of benzene rings is 4. The number of carbonyl (C=O) groups excluding carboxylic acids is 4. The first-order valence-electron chi connectivity index (χ1n) is 17.8. The van der Waals surface area contributed by atoms with Crippen molar-refractivity contribution < 1.29 is 38.2 Å². The van der Waals surface area contributed by atoms with Crippen LogP contribution in [0.1, 0.15) is 21.6 Å². The second kappa shape index (κ2) is 18.2. The molecule has 1 aromatic heterocycles. The lowest BCUT2D eigenvalue weighted by Crippen LogP contribution is -2.59. The van der Waals surface area contributed by atoms with Crippen molar-refractivity contribution in [1.82, 2.24) is 21.3 Å². The Morgan fingerprint density at radius 3 is 2.05 bits per heavy atom. The molecule has 0 saturated carbocycles. The summed E-state index contributed by atoms with van der Waals surface area (Å²) in [5.41, 5.74) is 3.45. The quantitative estimate of drug-likeness (QED) is 0.143. The highest BCUT2D eigenvalue weighted by Crippen LogP contribution is 2.24. The highest BCUT2D eigenvalue weighted by Gasteiger charge is 2.33. The molecule has 7 rings (SSSR count). The molecule has 56 heavy (non-hydrogen) atoms. The van der Waals surface area contributed by atoms with Crippen molar-refractivity contribution in [1.29, 1.82) is 0 Å². The molecule has 4 atom stereocenters. The summed E-state index contributed by atoms with van der Waals surface area (Å²) in [4.78, 5) is 68.7. The third-order valence-electron chi connectivity index (χ3n) is 9.25. The van der Waals surface area contributed by atoms with Crippen molar-refractivity contribution >= 4 is 46.5 Å². The number of carbonyl (C=O) groups is 5. The summed E-state index contributed by atoms with van der Waals surface area (Å²) in [6, 6.07) is 27.0. The molecule has 0 radical (unpaired) electrons. The SMILES string of the molecule is C=C(c1cccs1)[C@@H]1NC(=O)COc2ccc(cc2)C[C@@H](C(=O)O)NC(=O)[C@H](Cc2ccccc2F)NC(=O)[C@@H](Cc2ccc(-c3ccccc3)cc2)NC1=O. The van der Waals surface area contributed by atoms with Crippen molar-refractivity contribution in [3.63, 3.8) is 0 Å². The second-order valence-corrected chi connectivity index (χ2v) is 14.2. The maximum atomic E-state index is 15.0. The molecule has 2 bridgehead atoms. The van der Waals surface area contributed by atoms with Gasteiger partial charge in [-0.15, -0.1) is 11.3 Å². The summed E-state index contributed by atoms with van der Waals surface area (Å²) in [5, 5.41) is 22.5. The van der Waals surface area contributed by atoms with Gasteiger partial charge in [0.2, 0.25) is 17.7 Å². The average molecular weight is 775 g/mol. The van der Waals surface area contributed by atoms with E-state index in [1.165, 1.54) is 29.5 Å². The van der Waals surface area contributed by atoms with Crippen LogP contribution in [0.25, 0.3) is 16.7 Å². The largest absolute Gasteiger partial charge is 0.484 e. The Bertz CT molecular complexity index is 2200. The van der Waals surface area contributed by atoms with Crippen LogP contribution in [0.4, 0.5) is 4.39 Å². The Labute approximate surface area is 326 Å². The molecule has 5 N–H and O–H groups in total. The van der Waals surface area contributed by atoms with Gasteiger partial charge in [-0.3, -0.25) is 19.2 Å². The predicted molar refractivity (Wildman–Crippen MR) is 210 cm³/mol. The highest BCUT2D eigenvalue weighted by atomic mass is 32.1. The minimum absolute atomic E-state index is 0.0539. The maximum absolute atomic E-state index is 15.0. The van der Waals surface area contributed by atoms with E-state index in [9.17, 15) is 33.5 Å². The average Bonchev–Trinajstić information content (AvgIpc) is 3.75.